The summed E-state index contributed by atoms with van der Waals surface area (Å²) in [5.74, 6) is 0. The third kappa shape index (κ3) is 2.70. The van der Waals surface area contributed by atoms with E-state index in [4.69, 9.17) is 15.5 Å². The van der Waals surface area contributed by atoms with Gasteiger partial charge in [0.1, 0.15) is 11.1 Å². The predicted octanol–water partition coefficient (Wildman–Crippen LogP) is 2.09. The molecule has 2 fully saturated rings. The lowest BCUT2D eigenvalue weighted by atomic mass is 10.2. The van der Waals surface area contributed by atoms with Gasteiger partial charge in [-0.15, -0.1) is 11.3 Å². The van der Waals surface area contributed by atoms with Crippen molar-refractivity contribution in [2.75, 3.05) is 19.7 Å². The highest BCUT2D eigenvalue weighted by Gasteiger charge is 2.34. The number of nitrogens with two attached hydrogens (primary N) is 1. The second-order valence-corrected chi connectivity index (χ2v) is 6.60. The van der Waals surface area contributed by atoms with E-state index in [1.807, 2.05) is 0 Å². The Morgan fingerprint density at radius 2 is 2.42 bits per heavy atom. The van der Waals surface area contributed by atoms with Gasteiger partial charge in [-0.05, 0) is 25.8 Å². The SMILES string of the molecule is CCCc1nc(C2CN3CCCC3CO2)sc1CN. The van der Waals surface area contributed by atoms with E-state index in [0.29, 0.717) is 12.6 Å². The smallest absolute Gasteiger partial charge is 0.123 e. The van der Waals surface area contributed by atoms with Gasteiger partial charge in [-0.25, -0.2) is 4.98 Å². The number of aryl methyl sites for hydroxylation is 1. The molecule has 2 unspecified atom stereocenters. The maximum Gasteiger partial charge on any atom is 0.123 e. The van der Waals surface area contributed by atoms with Gasteiger partial charge in [0.25, 0.3) is 0 Å². The van der Waals surface area contributed by atoms with Crippen LogP contribution in [-0.2, 0) is 17.7 Å². The predicted molar refractivity (Wildman–Crippen MR) is 77.3 cm³/mol. The van der Waals surface area contributed by atoms with Crippen molar-refractivity contribution in [3.63, 3.8) is 0 Å². The van der Waals surface area contributed by atoms with Crippen molar-refractivity contribution in [3.8, 4) is 0 Å². The van der Waals surface area contributed by atoms with Crippen LogP contribution in [0.25, 0.3) is 0 Å². The molecule has 2 atom stereocenters. The molecule has 2 saturated heterocycles. The van der Waals surface area contributed by atoms with Gasteiger partial charge in [-0.2, -0.15) is 0 Å². The molecule has 1 aromatic heterocycles. The molecule has 19 heavy (non-hydrogen) atoms. The van der Waals surface area contributed by atoms with Gasteiger partial charge in [0.2, 0.25) is 0 Å². The van der Waals surface area contributed by atoms with Crippen LogP contribution >= 0.6 is 11.3 Å². The van der Waals surface area contributed by atoms with Crippen LogP contribution in [-0.4, -0.2) is 35.6 Å². The molecule has 106 valence electrons. The highest BCUT2D eigenvalue weighted by molar-refractivity contribution is 7.11. The van der Waals surface area contributed by atoms with Crippen molar-refractivity contribution in [3.05, 3.63) is 15.6 Å². The summed E-state index contributed by atoms with van der Waals surface area (Å²) < 4.78 is 6.03. The molecule has 0 amide bonds. The first-order chi connectivity index (χ1) is 9.31. The van der Waals surface area contributed by atoms with Gasteiger partial charge < -0.3 is 10.5 Å². The summed E-state index contributed by atoms with van der Waals surface area (Å²) in [6, 6.07) is 0.653. The van der Waals surface area contributed by atoms with E-state index in [1.54, 1.807) is 11.3 Å². The lowest BCUT2D eigenvalue weighted by Gasteiger charge is -2.34. The molecule has 2 aliphatic rings. The Labute approximate surface area is 119 Å². The van der Waals surface area contributed by atoms with Gasteiger partial charge >= 0.3 is 0 Å². The standard InChI is InChI=1S/C14H23N3OS/c1-2-4-11-13(7-15)19-14(16-11)12-8-17-6-3-5-10(17)9-18-12/h10,12H,2-9,15H2,1H3. The molecule has 0 aromatic carbocycles. The van der Waals surface area contributed by atoms with Crippen molar-refractivity contribution < 1.29 is 4.74 Å². The molecule has 0 saturated carbocycles. The average molecular weight is 281 g/mol. The second-order valence-electron chi connectivity index (χ2n) is 5.49. The highest BCUT2D eigenvalue weighted by Crippen LogP contribution is 2.33. The van der Waals surface area contributed by atoms with E-state index in [2.05, 4.69) is 11.8 Å². The normalized spacial score (nSPS) is 27.7. The van der Waals surface area contributed by atoms with Crippen molar-refractivity contribution in [2.45, 2.75) is 51.3 Å². The molecule has 2 N–H and O–H groups in total. The van der Waals surface area contributed by atoms with E-state index in [9.17, 15) is 0 Å². The van der Waals surface area contributed by atoms with Gasteiger partial charge in [0, 0.05) is 24.0 Å². The average Bonchev–Trinajstić information content (AvgIpc) is 3.04. The van der Waals surface area contributed by atoms with Crippen molar-refractivity contribution in [2.24, 2.45) is 5.73 Å². The zero-order valence-corrected chi connectivity index (χ0v) is 12.4. The summed E-state index contributed by atoms with van der Waals surface area (Å²) in [7, 11) is 0. The first kappa shape index (κ1) is 13.5. The molecule has 2 aliphatic heterocycles. The van der Waals surface area contributed by atoms with Crippen LogP contribution in [0.5, 0.6) is 0 Å². The first-order valence-electron chi connectivity index (χ1n) is 7.36. The first-order valence-corrected chi connectivity index (χ1v) is 8.17. The minimum Gasteiger partial charge on any atom is -0.368 e. The van der Waals surface area contributed by atoms with E-state index in [0.717, 1.165) is 31.0 Å². The highest BCUT2D eigenvalue weighted by atomic mass is 32.1. The van der Waals surface area contributed by atoms with E-state index in [-0.39, 0.29) is 6.10 Å². The fourth-order valence-corrected chi connectivity index (χ4v) is 4.13. The van der Waals surface area contributed by atoms with E-state index >= 15 is 0 Å². The van der Waals surface area contributed by atoms with Gasteiger partial charge in [-0.3, -0.25) is 4.90 Å². The molecular weight excluding hydrogens is 258 g/mol. The lowest BCUT2D eigenvalue weighted by molar-refractivity contribution is -0.0502. The number of thiazole rings is 1. The summed E-state index contributed by atoms with van der Waals surface area (Å²) in [6.45, 7) is 5.89. The molecule has 3 rings (SSSR count). The second kappa shape index (κ2) is 5.87. The van der Waals surface area contributed by atoms with Gasteiger partial charge in [-0.1, -0.05) is 13.3 Å². The monoisotopic (exact) mass is 281 g/mol. The molecule has 4 nitrogen and oxygen atoms in total. The topological polar surface area (TPSA) is 51.4 Å². The maximum absolute atomic E-state index is 6.03. The number of hydrogen-bond donors (Lipinski definition) is 1. The minimum absolute atomic E-state index is 0.162. The summed E-state index contributed by atoms with van der Waals surface area (Å²) in [6.07, 6.45) is 4.92. The molecule has 5 heteroatoms. The molecule has 1 aromatic rings. The number of hydrogen-bond acceptors (Lipinski definition) is 5. The number of morpholine rings is 1. The van der Waals surface area contributed by atoms with Crippen LogP contribution in [0, 0.1) is 0 Å². The van der Waals surface area contributed by atoms with Gasteiger partial charge in [0.15, 0.2) is 0 Å². The summed E-state index contributed by atoms with van der Waals surface area (Å²) in [5.41, 5.74) is 7.02. The molecule has 0 aliphatic carbocycles. The Bertz CT molecular complexity index is 434. The number of rotatable bonds is 4. The van der Waals surface area contributed by atoms with E-state index < -0.39 is 0 Å². The Morgan fingerprint density at radius 1 is 1.53 bits per heavy atom. The van der Waals surface area contributed by atoms with E-state index in [1.165, 1.54) is 30.0 Å². The number of aromatic nitrogens is 1. The Morgan fingerprint density at radius 3 is 3.21 bits per heavy atom. The zero-order chi connectivity index (χ0) is 13.2. The fraction of sp³-hybridized carbons (Fsp3) is 0.786. The third-order valence-electron chi connectivity index (χ3n) is 4.13. The molecule has 3 heterocycles. The van der Waals surface area contributed by atoms with Crippen LogP contribution < -0.4 is 5.73 Å². The number of nitrogens with zero attached hydrogens (tertiary/aromatic N) is 2. The van der Waals surface area contributed by atoms with Crippen LogP contribution in [0.2, 0.25) is 0 Å². The zero-order valence-electron chi connectivity index (χ0n) is 11.6. The molecular formula is C14H23N3OS. The summed E-state index contributed by atoms with van der Waals surface area (Å²) in [4.78, 5) is 8.60. The van der Waals surface area contributed by atoms with Crippen molar-refractivity contribution in [1.29, 1.82) is 0 Å². The largest absolute Gasteiger partial charge is 0.368 e. The Hall–Kier alpha value is -0.490. The van der Waals surface area contributed by atoms with Crippen LogP contribution in [0.4, 0.5) is 0 Å². The molecule has 0 spiro atoms. The quantitative estimate of drug-likeness (QED) is 0.918. The van der Waals surface area contributed by atoms with Crippen LogP contribution in [0.15, 0.2) is 0 Å². The Balaban J connectivity index is 1.74. The Kier molecular flexibility index (Phi) is 4.17. The number of ether oxygens (including phenoxy) is 1. The fourth-order valence-electron chi connectivity index (χ4n) is 3.10. The molecule has 0 radical (unpaired) electrons. The van der Waals surface area contributed by atoms with Crippen molar-refractivity contribution >= 4 is 11.3 Å². The van der Waals surface area contributed by atoms with Gasteiger partial charge in [0.05, 0.1) is 12.3 Å². The molecule has 0 bridgehead atoms. The number of fused-ring (bicyclic) bond motifs is 1. The van der Waals surface area contributed by atoms with Crippen molar-refractivity contribution in [1.82, 2.24) is 9.88 Å². The summed E-state index contributed by atoms with van der Waals surface area (Å²) >= 11 is 1.75. The third-order valence-corrected chi connectivity index (χ3v) is 5.34. The minimum atomic E-state index is 0.162. The van der Waals surface area contributed by atoms with Crippen LogP contribution in [0.3, 0.4) is 0 Å². The summed E-state index contributed by atoms with van der Waals surface area (Å²) in [5, 5.41) is 1.13. The maximum atomic E-state index is 6.03. The van der Waals surface area contributed by atoms with Crippen LogP contribution in [0.1, 0.15) is 47.9 Å². The lowest BCUT2D eigenvalue weighted by Crippen LogP contribution is -2.42.